The Kier molecular flexibility index (Phi) is 3.47. The Hall–Kier alpha value is -0.640. The minimum absolute atomic E-state index is 0.814. The van der Waals surface area contributed by atoms with Gasteiger partial charge >= 0.3 is 0 Å². The molecule has 0 saturated heterocycles. The molecular weight excluding hydrogens is 218 g/mol. The predicted molar refractivity (Wildman–Crippen MR) is 53.8 cm³/mol. The summed E-state index contributed by atoms with van der Waals surface area (Å²) in [5.74, 6) is 1.79. The lowest BCUT2D eigenvalue weighted by atomic mass is 10.5. The molecule has 0 saturated carbocycles. The first kappa shape index (κ1) is 9.45. The summed E-state index contributed by atoms with van der Waals surface area (Å²) in [6, 6.07) is 1.91. The van der Waals surface area contributed by atoms with Gasteiger partial charge in [-0.2, -0.15) is 0 Å². The maximum Gasteiger partial charge on any atom is 0.131 e. The highest BCUT2D eigenvalue weighted by Gasteiger charge is 2.00. The molecule has 0 fully saturated rings. The van der Waals surface area contributed by atoms with Crippen molar-refractivity contribution in [3.8, 4) is 0 Å². The average molecular weight is 230 g/mol. The van der Waals surface area contributed by atoms with Gasteiger partial charge in [-0.15, -0.1) is 0 Å². The van der Waals surface area contributed by atoms with Crippen LogP contribution in [0.5, 0.6) is 0 Å². The van der Waals surface area contributed by atoms with E-state index in [1.54, 1.807) is 6.20 Å². The van der Waals surface area contributed by atoms with Crippen molar-refractivity contribution < 1.29 is 0 Å². The molecule has 0 aliphatic carbocycles. The molecule has 0 amide bonds. The van der Waals surface area contributed by atoms with Gasteiger partial charge in [0.25, 0.3) is 0 Å². The summed E-state index contributed by atoms with van der Waals surface area (Å²) < 4.78 is 0. The van der Waals surface area contributed by atoms with E-state index in [9.17, 15) is 0 Å². The topological polar surface area (TPSA) is 29.0 Å². The van der Waals surface area contributed by atoms with Crippen molar-refractivity contribution in [3.63, 3.8) is 0 Å². The van der Waals surface area contributed by atoms with Gasteiger partial charge < -0.3 is 4.90 Å². The van der Waals surface area contributed by atoms with Gasteiger partial charge in [-0.25, -0.2) is 9.97 Å². The van der Waals surface area contributed by atoms with Crippen LogP contribution in [0, 0.1) is 6.92 Å². The summed E-state index contributed by atoms with van der Waals surface area (Å²) in [7, 11) is 2.02. The van der Waals surface area contributed by atoms with E-state index < -0.39 is 0 Å². The third-order valence-corrected chi connectivity index (χ3v) is 1.93. The Morgan fingerprint density at radius 2 is 2.33 bits per heavy atom. The van der Waals surface area contributed by atoms with Gasteiger partial charge in [0.15, 0.2) is 0 Å². The molecule has 0 aromatic carbocycles. The van der Waals surface area contributed by atoms with E-state index >= 15 is 0 Å². The van der Waals surface area contributed by atoms with Crippen LogP contribution in [-0.4, -0.2) is 28.9 Å². The third-order valence-electron chi connectivity index (χ3n) is 1.57. The maximum atomic E-state index is 4.29. The fraction of sp³-hybridized carbons (Fsp3) is 0.500. The van der Waals surface area contributed by atoms with Gasteiger partial charge in [0.1, 0.15) is 11.6 Å². The molecule has 0 aliphatic heterocycles. The first-order valence-electron chi connectivity index (χ1n) is 3.81. The first-order valence-corrected chi connectivity index (χ1v) is 4.93. The largest absolute Gasteiger partial charge is 0.359 e. The van der Waals surface area contributed by atoms with Crippen molar-refractivity contribution in [1.29, 1.82) is 0 Å². The highest BCUT2D eigenvalue weighted by Crippen LogP contribution is 2.06. The monoisotopic (exact) mass is 229 g/mol. The zero-order valence-electron chi connectivity index (χ0n) is 7.29. The molecular formula is C8H12BrN3. The lowest BCUT2D eigenvalue weighted by molar-refractivity contribution is 0.921. The molecule has 1 rings (SSSR count). The Morgan fingerprint density at radius 3 is 2.92 bits per heavy atom. The molecule has 4 heteroatoms. The summed E-state index contributed by atoms with van der Waals surface area (Å²) >= 11 is 3.38. The van der Waals surface area contributed by atoms with Crippen molar-refractivity contribution in [2.24, 2.45) is 0 Å². The Labute approximate surface area is 81.0 Å². The number of halogens is 1. The van der Waals surface area contributed by atoms with Crippen LogP contribution >= 0.6 is 15.9 Å². The molecule has 0 atom stereocenters. The molecule has 0 N–H and O–H groups in total. The van der Waals surface area contributed by atoms with Crippen LogP contribution in [-0.2, 0) is 0 Å². The molecule has 0 radical (unpaired) electrons. The highest BCUT2D eigenvalue weighted by molar-refractivity contribution is 9.09. The number of rotatable bonds is 3. The first-order chi connectivity index (χ1) is 5.74. The van der Waals surface area contributed by atoms with Crippen LogP contribution in [0.1, 0.15) is 5.82 Å². The second kappa shape index (κ2) is 4.40. The van der Waals surface area contributed by atoms with E-state index in [0.717, 1.165) is 23.5 Å². The van der Waals surface area contributed by atoms with Crippen LogP contribution in [0.15, 0.2) is 12.3 Å². The van der Waals surface area contributed by atoms with Crippen LogP contribution in [0.3, 0.4) is 0 Å². The Bertz CT molecular complexity index is 252. The standard InChI is InChI=1S/C8H12BrN3/c1-7-10-5-3-8(11-7)12(2)6-4-9/h3,5H,4,6H2,1-2H3. The van der Waals surface area contributed by atoms with Crippen LogP contribution in [0.2, 0.25) is 0 Å². The number of anilines is 1. The van der Waals surface area contributed by atoms with Gasteiger partial charge in [-0.3, -0.25) is 0 Å². The zero-order valence-corrected chi connectivity index (χ0v) is 8.87. The molecule has 1 aromatic heterocycles. The average Bonchev–Trinajstić information content (AvgIpc) is 2.05. The normalized spacial score (nSPS) is 9.92. The summed E-state index contributed by atoms with van der Waals surface area (Å²) in [5, 5.41) is 0.951. The fourth-order valence-electron chi connectivity index (χ4n) is 0.898. The van der Waals surface area contributed by atoms with Gasteiger partial charge in [-0.1, -0.05) is 15.9 Å². The molecule has 0 aliphatic rings. The van der Waals surface area contributed by atoms with Gasteiger partial charge in [0, 0.05) is 25.1 Å². The summed E-state index contributed by atoms with van der Waals surface area (Å²) in [5.41, 5.74) is 0. The summed E-state index contributed by atoms with van der Waals surface area (Å²) in [6.07, 6.45) is 1.78. The second-order valence-corrected chi connectivity index (χ2v) is 3.37. The van der Waals surface area contributed by atoms with E-state index in [2.05, 4.69) is 30.8 Å². The van der Waals surface area contributed by atoms with E-state index in [1.807, 2.05) is 20.0 Å². The number of alkyl halides is 1. The van der Waals surface area contributed by atoms with E-state index in [-0.39, 0.29) is 0 Å². The lowest BCUT2D eigenvalue weighted by Crippen LogP contribution is -2.20. The number of hydrogen-bond donors (Lipinski definition) is 0. The molecule has 1 heterocycles. The number of nitrogens with zero attached hydrogens (tertiary/aromatic N) is 3. The summed E-state index contributed by atoms with van der Waals surface area (Å²) in [6.45, 7) is 2.85. The smallest absolute Gasteiger partial charge is 0.131 e. The van der Waals surface area contributed by atoms with E-state index in [0.29, 0.717) is 0 Å². The van der Waals surface area contributed by atoms with Crippen molar-refractivity contribution in [2.45, 2.75) is 6.92 Å². The SMILES string of the molecule is Cc1nccc(N(C)CCBr)n1. The third kappa shape index (κ3) is 2.44. The zero-order chi connectivity index (χ0) is 8.97. The molecule has 12 heavy (non-hydrogen) atoms. The lowest BCUT2D eigenvalue weighted by Gasteiger charge is -2.16. The van der Waals surface area contributed by atoms with E-state index in [4.69, 9.17) is 0 Å². The molecule has 0 bridgehead atoms. The van der Waals surface area contributed by atoms with Crippen molar-refractivity contribution >= 4 is 21.7 Å². The number of aromatic nitrogens is 2. The van der Waals surface area contributed by atoms with Crippen molar-refractivity contribution in [3.05, 3.63) is 18.1 Å². The van der Waals surface area contributed by atoms with Crippen molar-refractivity contribution in [2.75, 3.05) is 23.8 Å². The fourth-order valence-corrected chi connectivity index (χ4v) is 1.43. The maximum absolute atomic E-state index is 4.29. The van der Waals surface area contributed by atoms with Gasteiger partial charge in [-0.05, 0) is 13.0 Å². The van der Waals surface area contributed by atoms with Crippen LogP contribution < -0.4 is 4.90 Å². The molecule has 1 aromatic rings. The minimum Gasteiger partial charge on any atom is -0.359 e. The highest BCUT2D eigenvalue weighted by atomic mass is 79.9. The molecule has 3 nitrogen and oxygen atoms in total. The molecule has 66 valence electrons. The van der Waals surface area contributed by atoms with Crippen LogP contribution in [0.4, 0.5) is 5.82 Å². The summed E-state index contributed by atoms with van der Waals surface area (Å²) in [4.78, 5) is 10.4. The predicted octanol–water partition coefficient (Wildman–Crippen LogP) is 1.62. The minimum atomic E-state index is 0.814. The number of hydrogen-bond acceptors (Lipinski definition) is 3. The van der Waals surface area contributed by atoms with Crippen LogP contribution in [0.25, 0.3) is 0 Å². The number of aryl methyl sites for hydroxylation is 1. The van der Waals surface area contributed by atoms with E-state index in [1.165, 1.54) is 0 Å². The van der Waals surface area contributed by atoms with Crippen molar-refractivity contribution in [1.82, 2.24) is 9.97 Å². The molecule has 0 unspecified atom stereocenters. The Morgan fingerprint density at radius 1 is 1.58 bits per heavy atom. The quantitative estimate of drug-likeness (QED) is 0.739. The van der Waals surface area contributed by atoms with Gasteiger partial charge in [0.05, 0.1) is 0 Å². The molecule has 0 spiro atoms. The van der Waals surface area contributed by atoms with Gasteiger partial charge in [0.2, 0.25) is 0 Å². The second-order valence-electron chi connectivity index (χ2n) is 2.57. The Balaban J connectivity index is 2.73.